The zero-order chi connectivity index (χ0) is 10.4. The molecule has 0 aliphatic carbocycles. The van der Waals surface area contributed by atoms with E-state index in [-0.39, 0.29) is 0 Å². The maximum Gasteiger partial charge on any atom is 0.243 e. The molecule has 3 aromatic rings. The molecule has 0 saturated carbocycles. The number of pyridine rings is 2. The van der Waals surface area contributed by atoms with Crippen LogP contribution >= 0.6 is 27.3 Å². The van der Waals surface area contributed by atoms with Gasteiger partial charge in [-0.15, -0.1) is 11.3 Å². The summed E-state index contributed by atoms with van der Waals surface area (Å²) in [5.74, 6) is 0. The molecule has 0 unspecified atom stereocenters. The van der Waals surface area contributed by atoms with Crippen molar-refractivity contribution in [3.8, 4) is 0 Å². The molecule has 0 aliphatic rings. The van der Waals surface area contributed by atoms with Crippen molar-refractivity contribution >= 4 is 48.4 Å². The molecule has 0 saturated heterocycles. The van der Waals surface area contributed by atoms with Gasteiger partial charge < -0.3 is 5.21 Å². The fourth-order valence-corrected chi connectivity index (χ4v) is 3.21. The lowest BCUT2D eigenvalue weighted by molar-refractivity contribution is -0.575. The first kappa shape index (κ1) is 9.06. The number of halogens is 1. The zero-order valence-electron chi connectivity index (χ0n) is 7.48. The Bertz CT molecular complexity index is 665. The average molecular weight is 281 g/mol. The van der Waals surface area contributed by atoms with E-state index in [1.54, 1.807) is 35.9 Å². The molecule has 15 heavy (non-hydrogen) atoms. The lowest BCUT2D eigenvalue weighted by Gasteiger charge is -2.01. The molecular formula is C10H5BrN2OS. The van der Waals surface area contributed by atoms with E-state index in [1.807, 2.05) is 5.38 Å². The molecule has 3 heterocycles. The monoisotopic (exact) mass is 280 g/mol. The van der Waals surface area contributed by atoms with Crippen LogP contribution in [0.15, 0.2) is 34.4 Å². The Kier molecular flexibility index (Phi) is 1.90. The highest BCUT2D eigenvalue weighted by molar-refractivity contribution is 9.10. The Labute approximate surface area is 97.7 Å². The largest absolute Gasteiger partial charge is 0.618 e. The second kappa shape index (κ2) is 3.15. The number of aromatic nitrogens is 2. The van der Waals surface area contributed by atoms with Crippen LogP contribution in [0.25, 0.3) is 21.1 Å². The predicted octanol–water partition coefficient (Wildman–Crippen LogP) is 2.85. The summed E-state index contributed by atoms with van der Waals surface area (Å²) in [5.41, 5.74) is 1.38. The molecule has 5 heteroatoms. The van der Waals surface area contributed by atoms with E-state index in [1.165, 1.54) is 0 Å². The van der Waals surface area contributed by atoms with Crippen LogP contribution in [-0.4, -0.2) is 4.98 Å². The molecule has 0 aliphatic heterocycles. The number of fused-ring (bicyclic) bond motifs is 3. The van der Waals surface area contributed by atoms with Crippen molar-refractivity contribution in [1.29, 1.82) is 0 Å². The Balaban J connectivity index is 2.65. The number of hydrogen-bond acceptors (Lipinski definition) is 3. The third-order valence-corrected chi connectivity index (χ3v) is 4.23. The van der Waals surface area contributed by atoms with Gasteiger partial charge in [0, 0.05) is 22.1 Å². The Morgan fingerprint density at radius 3 is 3.20 bits per heavy atom. The summed E-state index contributed by atoms with van der Waals surface area (Å²) in [6.07, 6.45) is 3.29. The lowest BCUT2D eigenvalue weighted by Crippen LogP contribution is -2.26. The fourth-order valence-electron chi connectivity index (χ4n) is 1.59. The standard InChI is InChI=1S/C10H5BrN2OS/c11-7-5-15-10-6(7)4-13(14)8-2-1-3-12-9(8)10/h1-5H. The number of rotatable bonds is 0. The van der Waals surface area contributed by atoms with E-state index in [0.29, 0.717) is 5.52 Å². The topological polar surface area (TPSA) is 39.8 Å². The molecule has 3 rings (SSSR count). The highest BCUT2D eigenvalue weighted by atomic mass is 79.9. The van der Waals surface area contributed by atoms with Crippen molar-refractivity contribution in [3.05, 3.63) is 39.6 Å². The number of thiophene rings is 1. The molecule has 0 N–H and O–H groups in total. The molecule has 0 aromatic carbocycles. The first-order valence-electron chi connectivity index (χ1n) is 4.31. The number of hydrogen-bond donors (Lipinski definition) is 0. The highest BCUT2D eigenvalue weighted by Crippen LogP contribution is 2.32. The van der Waals surface area contributed by atoms with Crippen LogP contribution in [0.4, 0.5) is 0 Å². The summed E-state index contributed by atoms with van der Waals surface area (Å²) in [4.78, 5) is 4.25. The number of nitrogens with zero attached hydrogens (tertiary/aromatic N) is 2. The predicted molar refractivity (Wildman–Crippen MR) is 63.8 cm³/mol. The van der Waals surface area contributed by atoms with E-state index >= 15 is 0 Å². The fraction of sp³-hybridized carbons (Fsp3) is 0. The minimum Gasteiger partial charge on any atom is -0.618 e. The lowest BCUT2D eigenvalue weighted by atomic mass is 10.3. The van der Waals surface area contributed by atoms with Gasteiger partial charge in [0.1, 0.15) is 0 Å². The van der Waals surface area contributed by atoms with Crippen LogP contribution in [0.2, 0.25) is 0 Å². The first-order valence-corrected chi connectivity index (χ1v) is 5.98. The van der Waals surface area contributed by atoms with Gasteiger partial charge in [-0.25, -0.2) is 4.98 Å². The molecule has 0 amide bonds. The van der Waals surface area contributed by atoms with Gasteiger partial charge in [-0.2, -0.15) is 4.73 Å². The SMILES string of the molecule is [O-][n+]1cc2c(Br)csc2c2ncccc21. The normalized spacial score (nSPS) is 11.3. The summed E-state index contributed by atoms with van der Waals surface area (Å²) in [5, 5.41) is 14.6. The molecule has 0 bridgehead atoms. The average Bonchev–Trinajstić information content (AvgIpc) is 2.62. The van der Waals surface area contributed by atoms with Gasteiger partial charge in [0.25, 0.3) is 0 Å². The van der Waals surface area contributed by atoms with Crippen molar-refractivity contribution in [2.24, 2.45) is 0 Å². The van der Waals surface area contributed by atoms with Crippen molar-refractivity contribution in [3.63, 3.8) is 0 Å². The molecular weight excluding hydrogens is 276 g/mol. The maximum absolute atomic E-state index is 11.7. The minimum absolute atomic E-state index is 0.611. The second-order valence-corrected chi connectivity index (χ2v) is 4.89. The molecule has 3 aromatic heterocycles. The van der Waals surface area contributed by atoms with Crippen LogP contribution in [0.3, 0.4) is 0 Å². The van der Waals surface area contributed by atoms with Crippen molar-refractivity contribution < 1.29 is 4.73 Å². The molecule has 0 spiro atoms. The second-order valence-electron chi connectivity index (χ2n) is 3.15. The van der Waals surface area contributed by atoms with Crippen LogP contribution in [0.5, 0.6) is 0 Å². The van der Waals surface area contributed by atoms with E-state index in [4.69, 9.17) is 0 Å². The van der Waals surface area contributed by atoms with Gasteiger partial charge >= 0.3 is 0 Å². The van der Waals surface area contributed by atoms with Crippen LogP contribution in [-0.2, 0) is 0 Å². The third-order valence-electron chi connectivity index (χ3n) is 2.27. The third kappa shape index (κ3) is 1.23. The summed E-state index contributed by atoms with van der Waals surface area (Å²) in [7, 11) is 0. The Hall–Kier alpha value is -1.20. The summed E-state index contributed by atoms with van der Waals surface area (Å²) in [6.45, 7) is 0. The van der Waals surface area contributed by atoms with Gasteiger partial charge in [-0.1, -0.05) is 0 Å². The van der Waals surface area contributed by atoms with Crippen molar-refractivity contribution in [2.75, 3.05) is 0 Å². The van der Waals surface area contributed by atoms with E-state index in [2.05, 4.69) is 20.9 Å². The minimum atomic E-state index is 0.611. The van der Waals surface area contributed by atoms with E-state index in [9.17, 15) is 5.21 Å². The smallest absolute Gasteiger partial charge is 0.243 e. The Morgan fingerprint density at radius 1 is 1.47 bits per heavy atom. The van der Waals surface area contributed by atoms with Gasteiger partial charge in [0.2, 0.25) is 5.52 Å². The zero-order valence-corrected chi connectivity index (χ0v) is 9.88. The van der Waals surface area contributed by atoms with Gasteiger partial charge in [0.15, 0.2) is 11.7 Å². The highest BCUT2D eigenvalue weighted by Gasteiger charge is 2.13. The quantitative estimate of drug-likeness (QED) is 0.469. The maximum atomic E-state index is 11.7. The van der Waals surface area contributed by atoms with Crippen LogP contribution in [0, 0.1) is 5.21 Å². The molecule has 74 valence electrons. The van der Waals surface area contributed by atoms with Gasteiger partial charge in [-0.3, -0.25) is 0 Å². The molecule has 0 fully saturated rings. The van der Waals surface area contributed by atoms with Gasteiger partial charge in [0.05, 0.1) is 10.1 Å². The van der Waals surface area contributed by atoms with E-state index in [0.717, 1.165) is 24.8 Å². The van der Waals surface area contributed by atoms with Crippen LogP contribution < -0.4 is 4.73 Å². The molecule has 0 atom stereocenters. The van der Waals surface area contributed by atoms with Gasteiger partial charge in [-0.05, 0) is 22.0 Å². The van der Waals surface area contributed by atoms with Crippen molar-refractivity contribution in [2.45, 2.75) is 0 Å². The first-order chi connectivity index (χ1) is 7.27. The molecule has 3 nitrogen and oxygen atoms in total. The Morgan fingerprint density at radius 2 is 2.33 bits per heavy atom. The van der Waals surface area contributed by atoms with Crippen molar-refractivity contribution in [1.82, 2.24) is 4.98 Å². The summed E-state index contributed by atoms with van der Waals surface area (Å²) >= 11 is 5.01. The van der Waals surface area contributed by atoms with Crippen LogP contribution in [0.1, 0.15) is 0 Å². The van der Waals surface area contributed by atoms with E-state index < -0.39 is 0 Å². The molecule has 0 radical (unpaired) electrons. The summed E-state index contributed by atoms with van der Waals surface area (Å²) in [6, 6.07) is 3.55. The summed E-state index contributed by atoms with van der Waals surface area (Å²) < 4.78 is 2.85.